The van der Waals surface area contributed by atoms with Gasteiger partial charge in [0.15, 0.2) is 11.5 Å². The van der Waals surface area contributed by atoms with Crippen molar-refractivity contribution in [3.63, 3.8) is 0 Å². The summed E-state index contributed by atoms with van der Waals surface area (Å²) in [5.74, 6) is 0.749. The first-order valence-electron chi connectivity index (χ1n) is 5.58. The summed E-state index contributed by atoms with van der Waals surface area (Å²) in [5.41, 5.74) is 1.13. The molecule has 0 atom stereocenters. The molecule has 4 nitrogen and oxygen atoms in total. The zero-order chi connectivity index (χ0) is 11.4. The number of rotatable bonds is 3. The zero-order valence-corrected chi connectivity index (χ0v) is 10.8. The van der Waals surface area contributed by atoms with Crippen molar-refractivity contribution < 1.29 is 9.84 Å². The standard InChI is InChI=1S/C12H18N2O2.ClH/c1-16-12-3-2-10(8-11(12)15)9-14-6-4-13-5-7-14;/h2-3,8,13,15H,4-7,9H2,1H3;1H. The van der Waals surface area contributed by atoms with E-state index < -0.39 is 0 Å². The lowest BCUT2D eigenvalue weighted by Crippen LogP contribution is -2.42. The van der Waals surface area contributed by atoms with Crippen LogP contribution < -0.4 is 10.1 Å². The largest absolute Gasteiger partial charge is 0.504 e. The smallest absolute Gasteiger partial charge is 0.160 e. The molecule has 1 aliphatic rings. The van der Waals surface area contributed by atoms with Gasteiger partial charge in [-0.25, -0.2) is 0 Å². The highest BCUT2D eigenvalue weighted by molar-refractivity contribution is 5.85. The molecule has 2 N–H and O–H groups in total. The van der Waals surface area contributed by atoms with Gasteiger partial charge in [-0.15, -0.1) is 12.4 Å². The first-order chi connectivity index (χ1) is 7.79. The molecule has 1 fully saturated rings. The van der Waals surface area contributed by atoms with Crippen molar-refractivity contribution in [2.75, 3.05) is 33.3 Å². The summed E-state index contributed by atoms with van der Waals surface area (Å²) in [6.07, 6.45) is 0. The van der Waals surface area contributed by atoms with E-state index in [9.17, 15) is 5.11 Å². The predicted molar refractivity (Wildman–Crippen MR) is 70.1 cm³/mol. The van der Waals surface area contributed by atoms with Crippen LogP contribution in [-0.2, 0) is 6.54 Å². The lowest BCUT2D eigenvalue weighted by atomic mass is 10.2. The molecule has 0 unspecified atom stereocenters. The third kappa shape index (κ3) is 3.77. The van der Waals surface area contributed by atoms with Crippen molar-refractivity contribution in [1.82, 2.24) is 10.2 Å². The number of phenols is 1. The SMILES string of the molecule is COc1ccc(CN2CCNCC2)cc1O.Cl. The van der Waals surface area contributed by atoms with Gasteiger partial charge in [-0.05, 0) is 17.7 Å². The third-order valence-electron chi connectivity index (χ3n) is 2.86. The number of aromatic hydroxyl groups is 1. The van der Waals surface area contributed by atoms with Gasteiger partial charge in [0, 0.05) is 32.7 Å². The Morgan fingerprint density at radius 3 is 2.65 bits per heavy atom. The number of hydrogen-bond donors (Lipinski definition) is 2. The Morgan fingerprint density at radius 2 is 2.06 bits per heavy atom. The van der Waals surface area contributed by atoms with Crippen molar-refractivity contribution in [1.29, 1.82) is 0 Å². The van der Waals surface area contributed by atoms with Gasteiger partial charge in [0.05, 0.1) is 7.11 Å². The number of hydrogen-bond acceptors (Lipinski definition) is 4. The van der Waals surface area contributed by atoms with E-state index in [1.807, 2.05) is 12.1 Å². The fourth-order valence-corrected chi connectivity index (χ4v) is 1.96. The molecular weight excluding hydrogens is 240 g/mol. The molecule has 0 bridgehead atoms. The Bertz CT molecular complexity index is 354. The first kappa shape index (κ1) is 14.1. The fraction of sp³-hybridized carbons (Fsp3) is 0.500. The molecule has 1 aromatic rings. The van der Waals surface area contributed by atoms with E-state index in [0.29, 0.717) is 5.75 Å². The average Bonchev–Trinajstić information content (AvgIpc) is 2.31. The van der Waals surface area contributed by atoms with Crippen LogP contribution in [0, 0.1) is 0 Å². The lowest BCUT2D eigenvalue weighted by molar-refractivity contribution is 0.233. The molecule has 1 saturated heterocycles. The van der Waals surface area contributed by atoms with E-state index in [1.165, 1.54) is 0 Å². The Labute approximate surface area is 108 Å². The maximum Gasteiger partial charge on any atom is 0.160 e. The Kier molecular flexibility index (Phi) is 5.55. The van der Waals surface area contributed by atoms with Crippen molar-refractivity contribution in [2.45, 2.75) is 6.54 Å². The Hall–Kier alpha value is -0.970. The van der Waals surface area contributed by atoms with Crippen molar-refractivity contribution in [2.24, 2.45) is 0 Å². The molecule has 96 valence electrons. The number of halogens is 1. The third-order valence-corrected chi connectivity index (χ3v) is 2.86. The second-order valence-electron chi connectivity index (χ2n) is 4.03. The van der Waals surface area contributed by atoms with Gasteiger partial charge in [-0.1, -0.05) is 6.07 Å². The van der Waals surface area contributed by atoms with Crippen LogP contribution in [0.5, 0.6) is 11.5 Å². The summed E-state index contributed by atoms with van der Waals surface area (Å²) < 4.78 is 5.02. The maximum absolute atomic E-state index is 9.66. The molecule has 0 spiro atoms. The summed E-state index contributed by atoms with van der Waals surface area (Å²) in [7, 11) is 1.56. The Morgan fingerprint density at radius 1 is 1.35 bits per heavy atom. The van der Waals surface area contributed by atoms with Crippen LogP contribution in [0.1, 0.15) is 5.56 Å². The van der Waals surface area contributed by atoms with Crippen LogP contribution in [0.2, 0.25) is 0 Å². The van der Waals surface area contributed by atoms with Gasteiger partial charge in [0.25, 0.3) is 0 Å². The van der Waals surface area contributed by atoms with Gasteiger partial charge < -0.3 is 15.2 Å². The van der Waals surface area contributed by atoms with E-state index in [4.69, 9.17) is 4.74 Å². The Balaban J connectivity index is 0.00000144. The minimum absolute atomic E-state index is 0. The summed E-state index contributed by atoms with van der Waals surface area (Å²) in [5, 5.41) is 13.0. The molecule has 0 amide bonds. The van der Waals surface area contributed by atoms with Crippen LogP contribution in [0.15, 0.2) is 18.2 Å². The molecule has 17 heavy (non-hydrogen) atoms. The van der Waals surface area contributed by atoms with Gasteiger partial charge in [0.1, 0.15) is 0 Å². The van der Waals surface area contributed by atoms with Crippen molar-refractivity contribution >= 4 is 12.4 Å². The van der Waals surface area contributed by atoms with Crippen LogP contribution in [0.25, 0.3) is 0 Å². The number of methoxy groups -OCH3 is 1. The molecule has 1 heterocycles. The molecule has 0 radical (unpaired) electrons. The van der Waals surface area contributed by atoms with Crippen LogP contribution in [-0.4, -0.2) is 43.3 Å². The molecule has 0 saturated carbocycles. The molecule has 0 aliphatic carbocycles. The van der Waals surface area contributed by atoms with Gasteiger partial charge >= 0.3 is 0 Å². The maximum atomic E-state index is 9.66. The molecule has 5 heteroatoms. The van der Waals surface area contributed by atoms with Crippen LogP contribution in [0.4, 0.5) is 0 Å². The molecule has 1 aromatic carbocycles. The topological polar surface area (TPSA) is 44.7 Å². The van der Waals surface area contributed by atoms with Crippen LogP contribution >= 0.6 is 12.4 Å². The van der Waals surface area contributed by atoms with Crippen LogP contribution in [0.3, 0.4) is 0 Å². The van der Waals surface area contributed by atoms with Crippen molar-refractivity contribution in [3.05, 3.63) is 23.8 Å². The highest BCUT2D eigenvalue weighted by atomic mass is 35.5. The second-order valence-corrected chi connectivity index (χ2v) is 4.03. The van der Waals surface area contributed by atoms with Gasteiger partial charge in [-0.2, -0.15) is 0 Å². The van der Waals surface area contributed by atoms with E-state index >= 15 is 0 Å². The number of nitrogens with zero attached hydrogens (tertiary/aromatic N) is 1. The average molecular weight is 259 g/mol. The van der Waals surface area contributed by atoms with E-state index in [1.54, 1.807) is 13.2 Å². The number of ether oxygens (including phenoxy) is 1. The van der Waals surface area contributed by atoms with E-state index in [0.717, 1.165) is 38.3 Å². The minimum Gasteiger partial charge on any atom is -0.504 e. The second kappa shape index (κ2) is 6.69. The number of phenolic OH excluding ortho intramolecular Hbond substituents is 1. The zero-order valence-electron chi connectivity index (χ0n) is 9.98. The van der Waals surface area contributed by atoms with Gasteiger partial charge in [-0.3, -0.25) is 4.90 Å². The summed E-state index contributed by atoms with van der Waals surface area (Å²) >= 11 is 0. The van der Waals surface area contributed by atoms with Crippen molar-refractivity contribution in [3.8, 4) is 11.5 Å². The summed E-state index contributed by atoms with van der Waals surface area (Å²) in [6, 6.07) is 5.59. The minimum atomic E-state index is 0. The lowest BCUT2D eigenvalue weighted by Gasteiger charge is -2.27. The number of piperazine rings is 1. The summed E-state index contributed by atoms with van der Waals surface area (Å²) in [4.78, 5) is 2.37. The number of benzene rings is 1. The molecular formula is C12H19ClN2O2. The quantitative estimate of drug-likeness (QED) is 0.856. The predicted octanol–water partition coefficient (Wildman–Crippen LogP) is 1.23. The van der Waals surface area contributed by atoms with Gasteiger partial charge in [0.2, 0.25) is 0 Å². The fourth-order valence-electron chi connectivity index (χ4n) is 1.96. The molecule has 2 rings (SSSR count). The van der Waals surface area contributed by atoms with E-state index in [-0.39, 0.29) is 18.2 Å². The monoisotopic (exact) mass is 258 g/mol. The highest BCUT2D eigenvalue weighted by Crippen LogP contribution is 2.26. The number of nitrogens with one attached hydrogen (secondary N) is 1. The van der Waals surface area contributed by atoms with E-state index in [2.05, 4.69) is 10.2 Å². The summed E-state index contributed by atoms with van der Waals surface area (Å²) in [6.45, 7) is 5.10. The molecule has 1 aliphatic heterocycles. The highest BCUT2D eigenvalue weighted by Gasteiger charge is 2.10. The normalized spacial score (nSPS) is 16.3. The molecule has 0 aromatic heterocycles. The first-order valence-corrected chi connectivity index (χ1v) is 5.58.